The highest BCUT2D eigenvalue weighted by molar-refractivity contribution is 5.81. The molecule has 117 heavy (non-hydrogen) atoms. The highest BCUT2D eigenvalue weighted by Crippen LogP contribution is 2.27. The minimum atomic E-state index is 0.368. The summed E-state index contributed by atoms with van der Waals surface area (Å²) in [4.78, 5) is 45.3. The van der Waals surface area contributed by atoms with E-state index in [1.54, 1.807) is 31.0 Å². The van der Waals surface area contributed by atoms with Gasteiger partial charge in [-0.2, -0.15) is 20.4 Å². The van der Waals surface area contributed by atoms with E-state index in [-0.39, 0.29) is 0 Å². The van der Waals surface area contributed by atoms with Gasteiger partial charge in [-0.05, 0) is 284 Å². The van der Waals surface area contributed by atoms with Crippen LogP contribution in [-0.2, 0) is 6.42 Å². The number of pyridine rings is 8. The van der Waals surface area contributed by atoms with Gasteiger partial charge in [0.2, 0.25) is 0 Å². The fourth-order valence-electron chi connectivity index (χ4n) is 13.1. The maximum Gasteiger partial charge on any atom is 0.160 e. The molecule has 0 amide bonds. The summed E-state index contributed by atoms with van der Waals surface area (Å²) < 4.78 is 18.5. The summed E-state index contributed by atoms with van der Waals surface area (Å²) in [6, 6.07) is 51.3. The largest absolute Gasteiger partial charge is 0.354 e. The smallest absolute Gasteiger partial charge is 0.160 e. The Bertz CT molecular complexity index is 5200. The molecule has 0 radical (unpaired) electrons. The van der Waals surface area contributed by atoms with Gasteiger partial charge < -0.3 is 27.7 Å². The third kappa shape index (κ3) is 22.7. The molecule has 0 fully saturated rings. The van der Waals surface area contributed by atoms with Crippen LogP contribution in [0.3, 0.4) is 0 Å². The van der Waals surface area contributed by atoms with Crippen molar-refractivity contribution in [3.63, 3.8) is 0 Å². The SMILES string of the molecule is CC(C)N1CCc2cccnc21.CC(C)n1ccc2ccccc21.CC(C)n1ccc2cccnc21.CC(C)n1ccc2cccnc21.CC(C)n1cccn1.CC(C)n1cnc2cccnc21.CC(C)n1cnc2cccnc21.CC(C)n1ncc2cccnc21.CC(C)n1ncc2cccnc21.Cc1cnc2c(cnn2C(C)C)c1. The van der Waals surface area contributed by atoms with E-state index in [4.69, 9.17) is 0 Å². The molecule has 18 heterocycles. The van der Waals surface area contributed by atoms with Gasteiger partial charge in [0.1, 0.15) is 28.1 Å². The van der Waals surface area contributed by atoms with E-state index in [9.17, 15) is 0 Å². The maximum absolute atomic E-state index is 4.39. The second kappa shape index (κ2) is 41.6. The summed E-state index contributed by atoms with van der Waals surface area (Å²) in [5, 5.41) is 23.9. The van der Waals surface area contributed by atoms with Gasteiger partial charge in [0.05, 0.1) is 31.2 Å². The average molecular weight is 1570 g/mol. The first-order chi connectivity index (χ1) is 56.3. The Morgan fingerprint density at radius 2 is 0.667 bits per heavy atom. The molecule has 0 spiro atoms. The van der Waals surface area contributed by atoms with Crippen molar-refractivity contribution in [2.24, 2.45) is 0 Å². The normalized spacial score (nSPS) is 11.6. The van der Waals surface area contributed by atoms with Crippen molar-refractivity contribution in [2.45, 2.75) is 212 Å². The van der Waals surface area contributed by atoms with Gasteiger partial charge in [-0.1, -0.05) is 24.3 Å². The van der Waals surface area contributed by atoms with Crippen LogP contribution in [0.2, 0.25) is 0 Å². The van der Waals surface area contributed by atoms with Crippen molar-refractivity contribution in [2.75, 3.05) is 11.4 Å². The standard InChI is InChI=1S/C11H13N.C10H13N3.C10H14N2.2C10H12N2.4C9H11N3.C6H10N2/c1-9(2)12-8-7-10-5-3-4-6-11(10)12;1-7(2)13-10-9(6-12-13)4-8(3)5-11-10;3*1-8(2)12-7-5-9-4-3-6-11-10(9)12;2*1-7(2)12-6-11-8-4-3-5-10-9(8)12;2*1-7(2)12-9-8(6-11-12)4-3-5-10-9;1-6(2)8-5-3-4-7-8/h3-9H,1-2H3;4-7H,1-3H3;3-4,6,8H,5,7H2,1-2H3;2*3-8H,1-2H3;4*3-7H,1-2H3;3-6H,1-2H3. The maximum atomic E-state index is 4.39. The van der Waals surface area contributed by atoms with Crippen molar-refractivity contribution in [1.82, 2.24) is 112 Å². The van der Waals surface area contributed by atoms with E-state index in [0.717, 1.165) is 79.7 Å². The number of anilines is 1. The average Bonchev–Trinajstić information content (AvgIpc) is 1.55. The number of nitrogens with zero attached hydrogens (tertiary/aromatic N) is 24. The van der Waals surface area contributed by atoms with Crippen molar-refractivity contribution >= 4 is 94.2 Å². The summed E-state index contributed by atoms with van der Waals surface area (Å²) in [5.41, 5.74) is 12.8. The Morgan fingerprint density at radius 3 is 1.10 bits per heavy atom. The van der Waals surface area contributed by atoms with E-state index < -0.39 is 0 Å². The second-order valence-corrected chi connectivity index (χ2v) is 31.4. The highest BCUT2D eigenvalue weighted by Gasteiger charge is 2.22. The van der Waals surface area contributed by atoms with Crippen LogP contribution >= 0.6 is 0 Å². The Morgan fingerprint density at radius 1 is 0.274 bits per heavy atom. The van der Waals surface area contributed by atoms with E-state index in [1.165, 1.54) is 38.6 Å². The highest BCUT2D eigenvalue weighted by atomic mass is 15.3. The summed E-state index contributed by atoms with van der Waals surface area (Å²) >= 11 is 0. The third-order valence-electron chi connectivity index (χ3n) is 19.2. The monoisotopic (exact) mass is 1570 g/mol. The zero-order chi connectivity index (χ0) is 83.8. The lowest BCUT2D eigenvalue weighted by atomic mass is 10.2. The number of imidazole rings is 2. The molecule has 24 heteroatoms. The lowest BCUT2D eigenvalue weighted by Crippen LogP contribution is -2.28. The predicted octanol–water partition coefficient (Wildman–Crippen LogP) is 22.1. The molecule has 17 aromatic heterocycles. The molecular weight excluding hydrogens is 1450 g/mol. The predicted molar refractivity (Wildman–Crippen MR) is 480 cm³/mol. The van der Waals surface area contributed by atoms with Gasteiger partial charge in [0, 0.05) is 180 Å². The Balaban J connectivity index is 0.000000137. The molecule has 0 bridgehead atoms. The van der Waals surface area contributed by atoms with Gasteiger partial charge >= 0.3 is 0 Å². The fraction of sp³-hybridized carbons (Fsp3) is 0.355. The molecule has 1 aromatic carbocycles. The molecule has 0 saturated heterocycles. The van der Waals surface area contributed by atoms with E-state index in [2.05, 4.69) is 322 Å². The number of aryl methyl sites for hydroxylation is 1. The molecule has 0 N–H and O–H groups in total. The van der Waals surface area contributed by atoms with Crippen molar-refractivity contribution < 1.29 is 0 Å². The summed E-state index contributed by atoms with van der Waals surface area (Å²) in [6.07, 6.45) is 35.1. The second-order valence-electron chi connectivity index (χ2n) is 31.4. The number of fused-ring (bicyclic) bond motifs is 9. The Labute approximate surface area is 688 Å². The minimum Gasteiger partial charge on any atom is -0.354 e. The van der Waals surface area contributed by atoms with Crippen LogP contribution < -0.4 is 4.90 Å². The lowest BCUT2D eigenvalue weighted by molar-refractivity contribution is 0.532. The third-order valence-corrected chi connectivity index (χ3v) is 19.2. The van der Waals surface area contributed by atoms with E-state index in [0.29, 0.717) is 60.4 Å². The zero-order valence-electron chi connectivity index (χ0n) is 72.1. The van der Waals surface area contributed by atoms with Gasteiger partial charge in [-0.15, -0.1) is 0 Å². The zero-order valence-corrected chi connectivity index (χ0v) is 72.1. The van der Waals surface area contributed by atoms with Crippen LogP contribution in [0.1, 0.15) is 204 Å². The van der Waals surface area contributed by atoms with Crippen LogP contribution in [0.5, 0.6) is 0 Å². The molecule has 1 aliphatic rings. The molecule has 24 nitrogen and oxygen atoms in total. The molecule has 1 aliphatic heterocycles. The molecule has 18 aromatic rings. The van der Waals surface area contributed by atoms with Crippen molar-refractivity contribution in [3.05, 3.63) is 262 Å². The topological polar surface area (TPSA) is 228 Å². The van der Waals surface area contributed by atoms with E-state index >= 15 is 0 Å². The van der Waals surface area contributed by atoms with Crippen LogP contribution in [0.25, 0.3) is 88.4 Å². The van der Waals surface area contributed by atoms with E-state index in [1.807, 2.05) is 161 Å². The van der Waals surface area contributed by atoms with Crippen LogP contribution in [0, 0.1) is 6.92 Å². The number of rotatable bonds is 10. The quantitative estimate of drug-likeness (QED) is 0.124. The first-order valence-corrected chi connectivity index (χ1v) is 40.8. The Hall–Kier alpha value is -12.6. The number of aromatic nitrogens is 23. The number of hydrogen-bond donors (Lipinski definition) is 0. The van der Waals surface area contributed by atoms with Crippen molar-refractivity contribution in [3.8, 4) is 0 Å². The number of benzene rings is 1. The van der Waals surface area contributed by atoms with Gasteiger partial charge in [-0.3, -0.25) is 4.68 Å². The van der Waals surface area contributed by atoms with Gasteiger partial charge in [-0.25, -0.2) is 63.9 Å². The molecule has 0 aliphatic carbocycles. The van der Waals surface area contributed by atoms with Gasteiger partial charge in [0.25, 0.3) is 0 Å². The number of hydrogen-bond acceptors (Lipinski definition) is 15. The summed E-state index contributed by atoms with van der Waals surface area (Å²) in [6.45, 7) is 45.9. The molecule has 19 rings (SSSR count). The molecule has 0 unspecified atom stereocenters. The fourth-order valence-corrected chi connectivity index (χ4v) is 13.1. The number of para-hydroxylation sites is 1. The molecular formula is C93H118N24. The lowest BCUT2D eigenvalue weighted by Gasteiger charge is -2.22. The summed E-state index contributed by atoms with van der Waals surface area (Å²) in [5.74, 6) is 1.19. The van der Waals surface area contributed by atoms with Crippen LogP contribution in [-0.4, -0.2) is 124 Å². The molecule has 0 atom stereocenters. The van der Waals surface area contributed by atoms with Crippen LogP contribution in [0.15, 0.2) is 251 Å². The molecule has 610 valence electrons. The minimum absolute atomic E-state index is 0.368. The van der Waals surface area contributed by atoms with Crippen molar-refractivity contribution in [1.29, 1.82) is 0 Å². The van der Waals surface area contributed by atoms with Gasteiger partial charge in [0.15, 0.2) is 28.2 Å². The summed E-state index contributed by atoms with van der Waals surface area (Å²) in [7, 11) is 0. The Kier molecular flexibility index (Phi) is 30.9. The van der Waals surface area contributed by atoms with Crippen LogP contribution in [0.4, 0.5) is 5.82 Å². The first kappa shape index (κ1) is 86.8. The molecule has 0 saturated carbocycles. The first-order valence-electron chi connectivity index (χ1n) is 40.8.